The monoisotopic (exact) mass is 298 g/mol. The van der Waals surface area contributed by atoms with Crippen LogP contribution in [0.5, 0.6) is 0 Å². The van der Waals surface area contributed by atoms with Crippen molar-refractivity contribution in [3.8, 4) is 0 Å². The third-order valence-corrected chi connectivity index (χ3v) is 5.58. The number of aliphatic hydroxyl groups is 2. The van der Waals surface area contributed by atoms with E-state index < -0.39 is 0 Å². The molecule has 2 unspecified atom stereocenters. The fraction of sp³-hybridized carbons (Fsp3) is 1.00. The third kappa shape index (κ3) is 5.51. The van der Waals surface area contributed by atoms with Crippen LogP contribution in [0, 0.1) is 11.8 Å². The Morgan fingerprint density at radius 1 is 0.762 bits per heavy atom. The average Bonchev–Trinajstić information content (AvgIpc) is 2.48. The lowest BCUT2D eigenvalue weighted by molar-refractivity contribution is 0.0626. The van der Waals surface area contributed by atoms with Gasteiger partial charge in [0.2, 0.25) is 0 Å². The van der Waals surface area contributed by atoms with Gasteiger partial charge in [0.05, 0.1) is 12.2 Å². The first kappa shape index (κ1) is 17.2. The van der Waals surface area contributed by atoms with Crippen LogP contribution in [0.25, 0.3) is 0 Å². The molecule has 0 aliphatic carbocycles. The number of nitrogens with zero attached hydrogens (tertiary/aromatic N) is 2. The summed E-state index contributed by atoms with van der Waals surface area (Å²) in [6, 6.07) is 0. The summed E-state index contributed by atoms with van der Waals surface area (Å²) in [6.45, 7) is 10.9. The molecule has 0 saturated carbocycles. The SMILES string of the molecule is CC(O)C1CCN(CCCN2CCC(C(C)O)CC2)CC1. The van der Waals surface area contributed by atoms with E-state index in [1.165, 1.54) is 19.5 Å². The Bertz CT molecular complexity index is 253. The molecule has 2 rings (SSSR count). The van der Waals surface area contributed by atoms with E-state index >= 15 is 0 Å². The highest BCUT2D eigenvalue weighted by atomic mass is 16.3. The Hall–Kier alpha value is -0.160. The molecule has 2 fully saturated rings. The van der Waals surface area contributed by atoms with Crippen LogP contribution in [0.3, 0.4) is 0 Å². The van der Waals surface area contributed by atoms with Crippen molar-refractivity contribution in [3.05, 3.63) is 0 Å². The lowest BCUT2D eigenvalue weighted by Gasteiger charge is -2.35. The molecular formula is C17H34N2O2. The molecule has 2 heterocycles. The third-order valence-electron chi connectivity index (χ3n) is 5.58. The summed E-state index contributed by atoms with van der Waals surface area (Å²) in [7, 11) is 0. The maximum absolute atomic E-state index is 9.63. The lowest BCUT2D eigenvalue weighted by atomic mass is 9.92. The molecule has 2 aliphatic rings. The van der Waals surface area contributed by atoms with E-state index in [0.29, 0.717) is 11.8 Å². The van der Waals surface area contributed by atoms with Gasteiger partial charge in [-0.2, -0.15) is 0 Å². The van der Waals surface area contributed by atoms with Crippen molar-refractivity contribution in [2.75, 3.05) is 39.3 Å². The summed E-state index contributed by atoms with van der Waals surface area (Å²) >= 11 is 0. The van der Waals surface area contributed by atoms with Gasteiger partial charge in [-0.1, -0.05) is 0 Å². The van der Waals surface area contributed by atoms with Gasteiger partial charge in [0, 0.05) is 0 Å². The first-order valence-corrected chi connectivity index (χ1v) is 8.87. The Balaban J connectivity index is 1.55. The first-order valence-electron chi connectivity index (χ1n) is 8.87. The molecule has 0 amide bonds. The largest absolute Gasteiger partial charge is 0.393 e. The molecule has 0 radical (unpaired) electrons. The van der Waals surface area contributed by atoms with Crippen molar-refractivity contribution >= 4 is 0 Å². The maximum atomic E-state index is 9.63. The molecule has 2 aliphatic heterocycles. The minimum absolute atomic E-state index is 0.137. The predicted octanol–water partition coefficient (Wildman–Crippen LogP) is 1.56. The fourth-order valence-electron chi connectivity index (χ4n) is 3.84. The van der Waals surface area contributed by atoms with Crippen molar-refractivity contribution in [1.29, 1.82) is 0 Å². The molecule has 124 valence electrons. The molecule has 2 atom stereocenters. The summed E-state index contributed by atoms with van der Waals surface area (Å²) in [6.07, 6.45) is 5.58. The number of hydrogen-bond donors (Lipinski definition) is 2. The van der Waals surface area contributed by atoms with Gasteiger partial charge in [-0.25, -0.2) is 0 Å². The zero-order valence-electron chi connectivity index (χ0n) is 13.9. The molecular weight excluding hydrogens is 264 g/mol. The molecule has 2 saturated heterocycles. The molecule has 21 heavy (non-hydrogen) atoms. The highest BCUT2D eigenvalue weighted by molar-refractivity contribution is 4.77. The van der Waals surface area contributed by atoms with Crippen molar-refractivity contribution in [2.45, 2.75) is 58.2 Å². The van der Waals surface area contributed by atoms with E-state index in [0.717, 1.165) is 51.9 Å². The van der Waals surface area contributed by atoms with E-state index in [1.807, 2.05) is 13.8 Å². The Labute approximate surface area is 130 Å². The zero-order chi connectivity index (χ0) is 15.2. The van der Waals surface area contributed by atoms with Gasteiger partial charge in [0.15, 0.2) is 0 Å². The fourth-order valence-corrected chi connectivity index (χ4v) is 3.84. The molecule has 4 nitrogen and oxygen atoms in total. The second-order valence-corrected chi connectivity index (χ2v) is 7.19. The number of aliphatic hydroxyl groups excluding tert-OH is 2. The van der Waals surface area contributed by atoms with Crippen LogP contribution < -0.4 is 0 Å². The molecule has 4 heteroatoms. The molecule has 0 spiro atoms. The van der Waals surface area contributed by atoms with Gasteiger partial charge in [-0.05, 0) is 97.1 Å². The van der Waals surface area contributed by atoms with E-state index in [9.17, 15) is 10.2 Å². The van der Waals surface area contributed by atoms with Crippen LogP contribution in [0.1, 0.15) is 46.0 Å². The summed E-state index contributed by atoms with van der Waals surface area (Å²) in [4.78, 5) is 5.11. The van der Waals surface area contributed by atoms with E-state index in [2.05, 4.69) is 9.80 Å². The second-order valence-electron chi connectivity index (χ2n) is 7.19. The minimum Gasteiger partial charge on any atom is -0.393 e. The highest BCUT2D eigenvalue weighted by Crippen LogP contribution is 2.22. The summed E-state index contributed by atoms with van der Waals surface area (Å²) in [5.74, 6) is 1.03. The predicted molar refractivity (Wildman–Crippen MR) is 86.3 cm³/mol. The molecule has 0 bridgehead atoms. The van der Waals surface area contributed by atoms with Crippen LogP contribution in [-0.4, -0.2) is 71.5 Å². The van der Waals surface area contributed by atoms with Crippen LogP contribution >= 0.6 is 0 Å². The Kier molecular flexibility index (Phi) is 6.93. The molecule has 0 aromatic rings. The number of piperidine rings is 2. The van der Waals surface area contributed by atoms with Gasteiger partial charge in [-0.15, -0.1) is 0 Å². The molecule has 0 aromatic carbocycles. The van der Waals surface area contributed by atoms with Gasteiger partial charge < -0.3 is 20.0 Å². The van der Waals surface area contributed by atoms with E-state index in [4.69, 9.17) is 0 Å². The van der Waals surface area contributed by atoms with Gasteiger partial charge in [0.1, 0.15) is 0 Å². The topological polar surface area (TPSA) is 46.9 Å². The standard InChI is InChI=1S/C17H34N2O2/c1-14(20)16-4-10-18(11-5-16)8-3-9-19-12-6-17(7-13-19)15(2)21/h14-17,20-21H,3-13H2,1-2H3. The van der Waals surface area contributed by atoms with Crippen molar-refractivity contribution in [1.82, 2.24) is 9.80 Å². The van der Waals surface area contributed by atoms with Gasteiger partial charge in [0.25, 0.3) is 0 Å². The minimum atomic E-state index is -0.137. The summed E-state index contributed by atoms with van der Waals surface area (Å²) in [5.41, 5.74) is 0. The lowest BCUT2D eigenvalue weighted by Crippen LogP contribution is -2.40. The Morgan fingerprint density at radius 2 is 1.10 bits per heavy atom. The van der Waals surface area contributed by atoms with E-state index in [1.54, 1.807) is 0 Å². The van der Waals surface area contributed by atoms with Crippen LogP contribution in [0.4, 0.5) is 0 Å². The van der Waals surface area contributed by atoms with Crippen LogP contribution in [0.2, 0.25) is 0 Å². The average molecular weight is 298 g/mol. The summed E-state index contributed by atoms with van der Waals surface area (Å²) in [5, 5.41) is 19.3. The summed E-state index contributed by atoms with van der Waals surface area (Å²) < 4.78 is 0. The van der Waals surface area contributed by atoms with Crippen molar-refractivity contribution < 1.29 is 10.2 Å². The normalized spacial score (nSPS) is 26.9. The second kappa shape index (κ2) is 8.47. The maximum Gasteiger partial charge on any atom is 0.0541 e. The van der Waals surface area contributed by atoms with Crippen molar-refractivity contribution in [2.24, 2.45) is 11.8 Å². The highest BCUT2D eigenvalue weighted by Gasteiger charge is 2.24. The zero-order valence-corrected chi connectivity index (χ0v) is 13.9. The van der Waals surface area contributed by atoms with Gasteiger partial charge >= 0.3 is 0 Å². The molecule has 0 aromatic heterocycles. The quantitative estimate of drug-likeness (QED) is 0.781. The van der Waals surface area contributed by atoms with Crippen molar-refractivity contribution in [3.63, 3.8) is 0 Å². The number of rotatable bonds is 6. The first-order chi connectivity index (χ1) is 10.1. The van der Waals surface area contributed by atoms with E-state index in [-0.39, 0.29) is 12.2 Å². The number of hydrogen-bond acceptors (Lipinski definition) is 4. The van der Waals surface area contributed by atoms with Gasteiger partial charge in [-0.3, -0.25) is 0 Å². The van der Waals surface area contributed by atoms with Crippen LogP contribution in [-0.2, 0) is 0 Å². The Morgan fingerprint density at radius 3 is 1.38 bits per heavy atom. The molecule has 2 N–H and O–H groups in total. The smallest absolute Gasteiger partial charge is 0.0541 e. The van der Waals surface area contributed by atoms with Crippen LogP contribution in [0.15, 0.2) is 0 Å². The number of likely N-dealkylation sites (tertiary alicyclic amines) is 2.